The number of rotatable bonds is 5. The number of aromatic nitrogens is 4. The molecule has 7 heteroatoms. The van der Waals surface area contributed by atoms with Crippen molar-refractivity contribution in [2.45, 2.75) is 43.6 Å². The quantitative estimate of drug-likeness (QED) is 0.919. The molecule has 106 valence electrons. The Bertz CT molecular complexity index is 648. The molecule has 0 unspecified atom stereocenters. The lowest BCUT2D eigenvalue weighted by atomic mass is 9.86. The van der Waals surface area contributed by atoms with Gasteiger partial charge in [-0.2, -0.15) is 0 Å². The van der Waals surface area contributed by atoms with Crippen LogP contribution in [0.3, 0.4) is 0 Å². The van der Waals surface area contributed by atoms with Gasteiger partial charge in [-0.1, -0.05) is 6.42 Å². The van der Waals surface area contributed by atoms with Crippen LogP contribution in [0.2, 0.25) is 0 Å². The highest BCUT2D eigenvalue weighted by Crippen LogP contribution is 2.38. The second-order valence-electron chi connectivity index (χ2n) is 4.98. The van der Waals surface area contributed by atoms with E-state index in [1.165, 1.54) is 24.3 Å². The molecule has 2 heterocycles. The molecule has 0 radical (unpaired) electrons. The van der Waals surface area contributed by atoms with E-state index in [1.807, 2.05) is 0 Å². The molecule has 1 saturated carbocycles. The van der Waals surface area contributed by atoms with E-state index in [0.29, 0.717) is 11.7 Å². The molecule has 2 aromatic rings. The molecule has 1 fully saturated rings. The molecule has 0 bridgehead atoms. The molecule has 3 rings (SSSR count). The second-order valence-corrected chi connectivity index (χ2v) is 7.06. The minimum atomic E-state index is -0.0868. The first kappa shape index (κ1) is 13.8. The Balaban J connectivity index is 1.54. The summed E-state index contributed by atoms with van der Waals surface area (Å²) in [7, 11) is 0. The zero-order valence-corrected chi connectivity index (χ0v) is 12.9. The molecule has 0 atom stereocenters. The van der Waals surface area contributed by atoms with Crippen LogP contribution in [0.1, 0.15) is 46.7 Å². The van der Waals surface area contributed by atoms with E-state index >= 15 is 0 Å². The van der Waals surface area contributed by atoms with Gasteiger partial charge in [0.1, 0.15) is 15.8 Å². The Morgan fingerprint density at radius 3 is 2.95 bits per heavy atom. The summed E-state index contributed by atoms with van der Waals surface area (Å²) in [5.41, 5.74) is 0.733. The first-order valence-corrected chi connectivity index (χ1v) is 8.64. The summed E-state index contributed by atoms with van der Waals surface area (Å²) in [6, 6.07) is 1.56. The molecule has 5 nitrogen and oxygen atoms in total. The summed E-state index contributed by atoms with van der Waals surface area (Å²) in [6.07, 6.45) is 3.84. The van der Waals surface area contributed by atoms with E-state index in [9.17, 15) is 4.79 Å². The fourth-order valence-corrected chi connectivity index (χ4v) is 4.09. The maximum Gasteiger partial charge on any atom is 0.251 e. The summed E-state index contributed by atoms with van der Waals surface area (Å²) in [4.78, 5) is 18.3. The molecule has 0 saturated heterocycles. The van der Waals surface area contributed by atoms with E-state index in [1.54, 1.807) is 36.1 Å². The van der Waals surface area contributed by atoms with Crippen molar-refractivity contribution < 1.29 is 0 Å². The van der Waals surface area contributed by atoms with Crippen molar-refractivity contribution in [2.75, 3.05) is 0 Å². The third-order valence-electron chi connectivity index (χ3n) is 3.33. The summed E-state index contributed by atoms with van der Waals surface area (Å²) in [5, 5.41) is 10.8. The molecular weight excluding hydrogens is 292 g/mol. The van der Waals surface area contributed by atoms with Gasteiger partial charge in [-0.25, -0.2) is 4.98 Å². The van der Waals surface area contributed by atoms with Crippen LogP contribution < -0.4 is 5.56 Å². The Labute approximate surface area is 125 Å². The lowest BCUT2D eigenvalue weighted by Gasteiger charge is -2.21. The van der Waals surface area contributed by atoms with Crippen LogP contribution in [0.25, 0.3) is 0 Å². The predicted molar refractivity (Wildman–Crippen MR) is 81.1 cm³/mol. The minimum Gasteiger partial charge on any atom is -0.311 e. The van der Waals surface area contributed by atoms with Crippen molar-refractivity contribution >= 4 is 23.1 Å². The van der Waals surface area contributed by atoms with Gasteiger partial charge >= 0.3 is 0 Å². The third kappa shape index (κ3) is 3.27. The van der Waals surface area contributed by atoms with Gasteiger partial charge < -0.3 is 4.98 Å². The monoisotopic (exact) mass is 308 g/mol. The van der Waals surface area contributed by atoms with Crippen molar-refractivity contribution in [1.82, 2.24) is 20.2 Å². The average molecular weight is 308 g/mol. The van der Waals surface area contributed by atoms with Gasteiger partial charge in [-0.15, -0.1) is 33.3 Å². The Morgan fingerprint density at radius 1 is 1.40 bits per heavy atom. The Morgan fingerprint density at radius 2 is 2.25 bits per heavy atom. The molecule has 20 heavy (non-hydrogen) atoms. The summed E-state index contributed by atoms with van der Waals surface area (Å²) in [6.45, 7) is 1.80. The molecular formula is C13H16N4OS2. The second kappa shape index (κ2) is 6.05. The van der Waals surface area contributed by atoms with E-state index in [0.717, 1.165) is 22.2 Å². The topological polar surface area (TPSA) is 71.5 Å². The Kier molecular flexibility index (Phi) is 4.16. The van der Waals surface area contributed by atoms with E-state index in [4.69, 9.17) is 0 Å². The van der Waals surface area contributed by atoms with Crippen LogP contribution in [0.4, 0.5) is 0 Å². The van der Waals surface area contributed by atoms with Crippen LogP contribution in [0.15, 0.2) is 10.9 Å². The van der Waals surface area contributed by atoms with Gasteiger partial charge in [0.05, 0.1) is 5.69 Å². The summed E-state index contributed by atoms with van der Waals surface area (Å²) >= 11 is 3.45. The lowest BCUT2D eigenvalue weighted by molar-refractivity contribution is 0.416. The fourth-order valence-electron chi connectivity index (χ4n) is 2.10. The lowest BCUT2D eigenvalue weighted by Crippen LogP contribution is -2.09. The predicted octanol–water partition coefficient (Wildman–Crippen LogP) is 2.63. The standard InChI is InChI=1S/C13H16N4OS2/c1-8-14-10(5-11(18)15-8)6-19-7-12-16-17-13(20-12)9-3-2-4-9/h5,9H,2-4,6-7H2,1H3,(H,14,15,18). The van der Waals surface area contributed by atoms with Gasteiger partial charge in [-0.05, 0) is 19.8 Å². The SMILES string of the molecule is Cc1nc(CSCc2nnc(C3CCC3)s2)cc(=O)[nH]1. The first-order chi connectivity index (χ1) is 9.70. The van der Waals surface area contributed by atoms with Crippen LogP contribution >= 0.6 is 23.1 Å². The minimum absolute atomic E-state index is 0.0868. The zero-order chi connectivity index (χ0) is 13.9. The van der Waals surface area contributed by atoms with E-state index < -0.39 is 0 Å². The molecule has 0 amide bonds. The molecule has 0 spiro atoms. The number of hydrogen-bond acceptors (Lipinski definition) is 6. The van der Waals surface area contributed by atoms with Crippen molar-refractivity contribution in [3.05, 3.63) is 38.0 Å². The largest absolute Gasteiger partial charge is 0.311 e. The number of nitrogens with one attached hydrogen (secondary N) is 1. The number of aryl methyl sites for hydroxylation is 1. The molecule has 2 aromatic heterocycles. The van der Waals surface area contributed by atoms with Crippen molar-refractivity contribution in [3.8, 4) is 0 Å². The maximum absolute atomic E-state index is 11.3. The van der Waals surface area contributed by atoms with E-state index in [-0.39, 0.29) is 5.56 Å². The van der Waals surface area contributed by atoms with Crippen molar-refractivity contribution in [2.24, 2.45) is 0 Å². The highest BCUT2D eigenvalue weighted by molar-refractivity contribution is 7.97. The number of nitrogens with zero attached hydrogens (tertiary/aromatic N) is 3. The number of H-pyrrole nitrogens is 1. The summed E-state index contributed by atoms with van der Waals surface area (Å²) in [5.74, 6) is 2.88. The number of hydrogen-bond donors (Lipinski definition) is 1. The third-order valence-corrected chi connectivity index (χ3v) is 5.57. The first-order valence-electron chi connectivity index (χ1n) is 6.67. The normalized spacial score (nSPS) is 15.2. The van der Waals surface area contributed by atoms with Gasteiger partial charge in [0.25, 0.3) is 5.56 Å². The zero-order valence-electron chi connectivity index (χ0n) is 11.3. The van der Waals surface area contributed by atoms with Gasteiger partial charge in [-0.3, -0.25) is 4.79 Å². The highest BCUT2D eigenvalue weighted by Gasteiger charge is 2.23. The van der Waals surface area contributed by atoms with Gasteiger partial charge in [0, 0.05) is 23.5 Å². The van der Waals surface area contributed by atoms with Crippen molar-refractivity contribution in [1.29, 1.82) is 0 Å². The van der Waals surface area contributed by atoms with Crippen LogP contribution in [0.5, 0.6) is 0 Å². The molecule has 0 aromatic carbocycles. The summed E-state index contributed by atoms with van der Waals surface area (Å²) < 4.78 is 0. The maximum atomic E-state index is 11.3. The highest BCUT2D eigenvalue weighted by atomic mass is 32.2. The molecule has 1 N–H and O–H groups in total. The fraction of sp³-hybridized carbons (Fsp3) is 0.538. The van der Waals surface area contributed by atoms with Crippen LogP contribution in [-0.2, 0) is 11.5 Å². The number of aromatic amines is 1. The van der Waals surface area contributed by atoms with Gasteiger partial charge in [0.15, 0.2) is 0 Å². The smallest absolute Gasteiger partial charge is 0.251 e. The van der Waals surface area contributed by atoms with Crippen LogP contribution in [-0.4, -0.2) is 20.2 Å². The number of thioether (sulfide) groups is 1. The Hall–Kier alpha value is -1.21. The molecule has 1 aliphatic carbocycles. The van der Waals surface area contributed by atoms with Crippen LogP contribution in [0, 0.1) is 6.92 Å². The van der Waals surface area contributed by atoms with Crippen molar-refractivity contribution in [3.63, 3.8) is 0 Å². The molecule has 0 aliphatic heterocycles. The van der Waals surface area contributed by atoms with E-state index in [2.05, 4.69) is 20.2 Å². The molecule has 1 aliphatic rings. The van der Waals surface area contributed by atoms with Gasteiger partial charge in [0.2, 0.25) is 0 Å². The average Bonchev–Trinajstić information content (AvgIpc) is 2.74.